The standard InChI is InChI=1S/C26H28N2O6/c1-5-33-24(26(29)30)11-17-6-7-18-8-9-28(23(18)10-17)15-22-16(2)34-25(27-22)19-12-20(31-3)14-21(13-19)32-4/h6-10,12-14,24H,5,11,15H2,1-4H3,(H,29,30). The maximum Gasteiger partial charge on any atom is 0.333 e. The van der Waals surface area contributed by atoms with Crippen LogP contribution in [0.1, 0.15) is 23.9 Å². The number of hydrogen-bond acceptors (Lipinski definition) is 6. The number of oxazole rings is 1. The van der Waals surface area contributed by atoms with Crippen molar-refractivity contribution in [2.75, 3.05) is 20.8 Å². The van der Waals surface area contributed by atoms with E-state index in [0.717, 1.165) is 33.5 Å². The fraction of sp³-hybridized carbons (Fsp3) is 0.308. The Morgan fingerprint density at radius 3 is 2.50 bits per heavy atom. The number of methoxy groups -OCH3 is 2. The number of carboxylic acids is 1. The van der Waals surface area contributed by atoms with E-state index in [1.807, 2.05) is 49.5 Å². The number of aryl methyl sites for hydroxylation is 1. The number of benzene rings is 2. The molecule has 0 aliphatic carbocycles. The van der Waals surface area contributed by atoms with Crippen LogP contribution in [0.2, 0.25) is 0 Å². The molecule has 0 amide bonds. The molecular weight excluding hydrogens is 436 g/mol. The number of fused-ring (bicyclic) bond motifs is 1. The lowest BCUT2D eigenvalue weighted by Gasteiger charge is -2.13. The van der Waals surface area contributed by atoms with Crippen molar-refractivity contribution in [2.45, 2.75) is 32.9 Å². The molecule has 0 radical (unpaired) electrons. The maximum atomic E-state index is 11.5. The van der Waals surface area contributed by atoms with Crippen LogP contribution in [0.3, 0.4) is 0 Å². The molecule has 0 saturated carbocycles. The number of rotatable bonds is 10. The summed E-state index contributed by atoms with van der Waals surface area (Å²) in [6.45, 7) is 4.54. The van der Waals surface area contributed by atoms with Crippen LogP contribution in [0.15, 0.2) is 53.1 Å². The zero-order chi connectivity index (χ0) is 24.2. The van der Waals surface area contributed by atoms with Gasteiger partial charge in [0.1, 0.15) is 23.0 Å². The summed E-state index contributed by atoms with van der Waals surface area (Å²) in [6, 6.07) is 13.5. The first-order valence-electron chi connectivity index (χ1n) is 11.0. The quantitative estimate of drug-likeness (QED) is 0.363. The van der Waals surface area contributed by atoms with Crippen molar-refractivity contribution in [1.82, 2.24) is 9.55 Å². The molecule has 1 unspecified atom stereocenters. The zero-order valence-corrected chi connectivity index (χ0v) is 19.7. The zero-order valence-electron chi connectivity index (χ0n) is 19.7. The van der Waals surface area contributed by atoms with Gasteiger partial charge in [0.25, 0.3) is 0 Å². The molecule has 4 aromatic rings. The molecule has 8 nitrogen and oxygen atoms in total. The van der Waals surface area contributed by atoms with Gasteiger partial charge in [0.15, 0.2) is 6.10 Å². The van der Waals surface area contributed by atoms with Crippen molar-refractivity contribution in [1.29, 1.82) is 0 Å². The number of ether oxygens (including phenoxy) is 3. The average Bonchev–Trinajstić information content (AvgIpc) is 3.41. The Labute approximate surface area is 197 Å². The Bertz CT molecular complexity index is 1280. The predicted molar refractivity (Wildman–Crippen MR) is 128 cm³/mol. The van der Waals surface area contributed by atoms with Crippen molar-refractivity contribution in [3.63, 3.8) is 0 Å². The Balaban J connectivity index is 1.62. The molecule has 0 fully saturated rings. The summed E-state index contributed by atoms with van der Waals surface area (Å²) in [6.07, 6.45) is 1.43. The van der Waals surface area contributed by atoms with Gasteiger partial charge in [0.2, 0.25) is 5.89 Å². The Kier molecular flexibility index (Phi) is 6.88. The number of carboxylic acid groups (broad SMARTS) is 1. The fourth-order valence-corrected chi connectivity index (χ4v) is 3.92. The van der Waals surface area contributed by atoms with Crippen molar-refractivity contribution in [2.24, 2.45) is 0 Å². The highest BCUT2D eigenvalue weighted by atomic mass is 16.5. The summed E-state index contributed by atoms with van der Waals surface area (Å²) in [5.74, 6) is 1.56. The molecule has 2 aromatic heterocycles. The van der Waals surface area contributed by atoms with Gasteiger partial charge >= 0.3 is 5.97 Å². The molecule has 2 heterocycles. The fourth-order valence-electron chi connectivity index (χ4n) is 3.92. The maximum absolute atomic E-state index is 11.5. The van der Waals surface area contributed by atoms with Gasteiger partial charge in [-0.1, -0.05) is 12.1 Å². The van der Waals surface area contributed by atoms with Crippen LogP contribution < -0.4 is 9.47 Å². The van der Waals surface area contributed by atoms with Gasteiger partial charge in [-0.3, -0.25) is 0 Å². The second-order valence-electron chi connectivity index (χ2n) is 7.95. The molecule has 0 aliphatic heterocycles. The lowest BCUT2D eigenvalue weighted by molar-refractivity contribution is -0.149. The van der Waals surface area contributed by atoms with Gasteiger partial charge in [0.05, 0.1) is 20.8 Å². The van der Waals surface area contributed by atoms with E-state index in [-0.39, 0.29) is 0 Å². The van der Waals surface area contributed by atoms with Gasteiger partial charge in [0, 0.05) is 36.4 Å². The van der Waals surface area contributed by atoms with E-state index in [0.29, 0.717) is 37.0 Å². The topological polar surface area (TPSA) is 96.0 Å². The highest BCUT2D eigenvalue weighted by molar-refractivity contribution is 5.81. The van der Waals surface area contributed by atoms with Crippen LogP contribution in [0, 0.1) is 6.92 Å². The second kappa shape index (κ2) is 10.0. The van der Waals surface area contributed by atoms with Crippen LogP contribution >= 0.6 is 0 Å². The third-order valence-corrected chi connectivity index (χ3v) is 5.71. The van der Waals surface area contributed by atoms with E-state index in [2.05, 4.69) is 4.57 Å². The second-order valence-corrected chi connectivity index (χ2v) is 7.95. The first-order chi connectivity index (χ1) is 16.4. The lowest BCUT2D eigenvalue weighted by Crippen LogP contribution is -2.26. The van der Waals surface area contributed by atoms with Crippen LogP contribution in [0.5, 0.6) is 11.5 Å². The van der Waals surface area contributed by atoms with Gasteiger partial charge in [-0.15, -0.1) is 0 Å². The van der Waals surface area contributed by atoms with E-state index in [4.69, 9.17) is 23.6 Å². The molecule has 8 heteroatoms. The summed E-state index contributed by atoms with van der Waals surface area (Å²) in [5.41, 5.74) is 3.46. The van der Waals surface area contributed by atoms with Crippen molar-refractivity contribution >= 4 is 16.9 Å². The monoisotopic (exact) mass is 464 g/mol. The van der Waals surface area contributed by atoms with Crippen LogP contribution in [-0.4, -0.2) is 47.6 Å². The summed E-state index contributed by atoms with van der Waals surface area (Å²) in [4.78, 5) is 16.2. The summed E-state index contributed by atoms with van der Waals surface area (Å²) in [7, 11) is 3.20. The number of nitrogens with zero attached hydrogens (tertiary/aromatic N) is 2. The van der Waals surface area contributed by atoms with E-state index >= 15 is 0 Å². The Hall–Kier alpha value is -3.78. The van der Waals surface area contributed by atoms with Crippen LogP contribution in [-0.2, 0) is 22.5 Å². The van der Waals surface area contributed by atoms with E-state index in [1.165, 1.54) is 0 Å². The van der Waals surface area contributed by atoms with Crippen LogP contribution in [0.4, 0.5) is 0 Å². The summed E-state index contributed by atoms with van der Waals surface area (Å²) in [5, 5.41) is 10.5. The van der Waals surface area contributed by atoms with Gasteiger partial charge in [-0.05, 0) is 49.1 Å². The number of carbonyl (C=O) groups is 1. The first kappa shape index (κ1) is 23.4. The van der Waals surface area contributed by atoms with E-state index < -0.39 is 12.1 Å². The smallest absolute Gasteiger partial charge is 0.333 e. The minimum atomic E-state index is -0.961. The molecule has 178 valence electrons. The Morgan fingerprint density at radius 2 is 1.85 bits per heavy atom. The van der Waals surface area contributed by atoms with Crippen molar-refractivity contribution < 1.29 is 28.5 Å². The molecule has 0 bridgehead atoms. The predicted octanol–water partition coefficient (Wildman–Crippen LogP) is 4.70. The van der Waals surface area contributed by atoms with E-state index in [9.17, 15) is 9.90 Å². The van der Waals surface area contributed by atoms with Gasteiger partial charge < -0.3 is 28.3 Å². The largest absolute Gasteiger partial charge is 0.497 e. The molecule has 0 aliphatic rings. The lowest BCUT2D eigenvalue weighted by atomic mass is 10.1. The number of aliphatic carboxylic acids is 1. The SMILES string of the molecule is CCOC(Cc1ccc2ccn(Cc3nc(-c4cc(OC)cc(OC)c4)oc3C)c2c1)C(=O)O. The first-order valence-corrected chi connectivity index (χ1v) is 11.0. The molecule has 4 rings (SSSR count). The minimum absolute atomic E-state index is 0.301. The molecular formula is C26H28N2O6. The number of aromatic nitrogens is 2. The summed E-state index contributed by atoms with van der Waals surface area (Å²) < 4.78 is 24.1. The Morgan fingerprint density at radius 1 is 1.12 bits per heavy atom. The van der Waals surface area contributed by atoms with Crippen molar-refractivity contribution in [3.05, 3.63) is 65.7 Å². The van der Waals surface area contributed by atoms with Crippen molar-refractivity contribution in [3.8, 4) is 23.0 Å². The molecule has 0 saturated heterocycles. The normalized spacial score (nSPS) is 12.1. The van der Waals surface area contributed by atoms with Gasteiger partial charge in [-0.2, -0.15) is 0 Å². The van der Waals surface area contributed by atoms with Crippen LogP contribution in [0.25, 0.3) is 22.4 Å². The molecule has 2 aromatic carbocycles. The molecule has 1 N–H and O–H groups in total. The summed E-state index contributed by atoms with van der Waals surface area (Å²) >= 11 is 0. The highest BCUT2D eigenvalue weighted by Crippen LogP contribution is 2.31. The third-order valence-electron chi connectivity index (χ3n) is 5.71. The molecule has 1 atom stereocenters. The average molecular weight is 465 g/mol. The van der Waals surface area contributed by atoms with Gasteiger partial charge in [-0.25, -0.2) is 9.78 Å². The van der Waals surface area contributed by atoms with E-state index in [1.54, 1.807) is 27.2 Å². The minimum Gasteiger partial charge on any atom is -0.497 e. The molecule has 34 heavy (non-hydrogen) atoms. The highest BCUT2D eigenvalue weighted by Gasteiger charge is 2.19. The molecule has 0 spiro atoms. The number of hydrogen-bond donors (Lipinski definition) is 1. The third kappa shape index (κ3) is 4.92.